The smallest absolute Gasteiger partial charge is 0.416 e. The first-order valence-electron chi connectivity index (χ1n) is 14.0. The zero-order chi connectivity index (χ0) is 32.1. The van der Waals surface area contributed by atoms with Crippen molar-refractivity contribution >= 4 is 52.4 Å². The standard InChI is InChI=1S/C31H32N4O8S2/c1-31(2,3)43-29(38)34(4)28-33-22-24(42-30(44)35-16-15-32-18-35)23(41-26(37)20-13-9-6-10-14-20)21(40-27(22)45-28)17-39-25(36)19-11-7-5-8-12-19/h5-16,18,21-24,27H,17H2,1-4H3/t21-,22-,23-,24-,27-/m1/s1. The lowest BCUT2D eigenvalue weighted by Gasteiger charge is -2.41. The summed E-state index contributed by atoms with van der Waals surface area (Å²) in [5.74, 6) is -1.23. The Labute approximate surface area is 269 Å². The molecule has 0 bridgehead atoms. The van der Waals surface area contributed by atoms with Crippen molar-refractivity contribution in [2.24, 2.45) is 4.99 Å². The number of aromatic nitrogens is 2. The van der Waals surface area contributed by atoms with E-state index in [0.29, 0.717) is 16.3 Å². The Morgan fingerprint density at radius 2 is 1.62 bits per heavy atom. The van der Waals surface area contributed by atoms with Crippen LogP contribution < -0.4 is 0 Å². The second-order valence-electron chi connectivity index (χ2n) is 11.1. The molecule has 0 unspecified atom stereocenters. The molecule has 0 N–H and O–H groups in total. The largest absolute Gasteiger partial charge is 0.461 e. The van der Waals surface area contributed by atoms with Gasteiger partial charge in [0.2, 0.25) is 0 Å². The summed E-state index contributed by atoms with van der Waals surface area (Å²) >= 11 is 6.73. The van der Waals surface area contributed by atoms with E-state index in [-0.39, 0.29) is 11.8 Å². The number of hydrogen-bond donors (Lipinski definition) is 0. The Kier molecular flexibility index (Phi) is 9.85. The molecule has 3 aromatic rings. The Morgan fingerprint density at radius 3 is 2.22 bits per heavy atom. The topological polar surface area (TPSA) is 131 Å². The summed E-state index contributed by atoms with van der Waals surface area (Å²) in [7, 11) is 1.54. The Morgan fingerprint density at radius 1 is 0.978 bits per heavy atom. The number of carbonyl (C=O) groups is 3. The van der Waals surface area contributed by atoms with Crippen LogP contribution in [0.1, 0.15) is 41.5 Å². The minimum atomic E-state index is -1.14. The van der Waals surface area contributed by atoms with Crippen LogP contribution in [0.4, 0.5) is 4.79 Å². The number of ether oxygens (including phenoxy) is 5. The lowest BCUT2D eigenvalue weighted by Crippen LogP contribution is -2.59. The van der Waals surface area contributed by atoms with Crippen LogP contribution >= 0.6 is 24.0 Å². The van der Waals surface area contributed by atoms with E-state index < -0.39 is 53.4 Å². The minimum Gasteiger partial charge on any atom is -0.461 e. The summed E-state index contributed by atoms with van der Waals surface area (Å²) in [6.45, 7) is 5.01. The molecule has 5 atom stereocenters. The van der Waals surface area contributed by atoms with Crippen LogP contribution in [0.15, 0.2) is 84.4 Å². The fourth-order valence-electron chi connectivity index (χ4n) is 4.50. The average Bonchev–Trinajstić information content (AvgIpc) is 3.71. The number of rotatable bonds is 6. The number of amidine groups is 1. The Bertz CT molecular complexity index is 1550. The molecule has 5 rings (SSSR count). The van der Waals surface area contributed by atoms with Gasteiger partial charge in [0.25, 0.3) is 5.17 Å². The minimum absolute atomic E-state index is 0.0214. The van der Waals surface area contributed by atoms with Crippen molar-refractivity contribution in [2.75, 3.05) is 13.7 Å². The van der Waals surface area contributed by atoms with Crippen molar-refractivity contribution in [1.82, 2.24) is 14.5 Å². The predicted molar refractivity (Wildman–Crippen MR) is 169 cm³/mol. The van der Waals surface area contributed by atoms with Gasteiger partial charge >= 0.3 is 18.0 Å². The second kappa shape index (κ2) is 13.8. The van der Waals surface area contributed by atoms with Gasteiger partial charge in [-0.3, -0.25) is 14.5 Å². The molecule has 2 aromatic carbocycles. The molecule has 1 amide bonds. The summed E-state index contributed by atoms with van der Waals surface area (Å²) in [6, 6.07) is 16.1. The number of imidazole rings is 1. The number of aliphatic imine (C=N–C) groups is 1. The molecule has 1 aromatic heterocycles. The number of thiocarbonyl (C=S) groups is 1. The van der Waals surface area contributed by atoms with Crippen molar-refractivity contribution in [1.29, 1.82) is 0 Å². The zero-order valence-electron chi connectivity index (χ0n) is 25.0. The van der Waals surface area contributed by atoms with Crippen LogP contribution in [0.25, 0.3) is 0 Å². The monoisotopic (exact) mass is 652 g/mol. The maximum atomic E-state index is 13.4. The van der Waals surface area contributed by atoms with Crippen LogP contribution in [-0.4, -0.2) is 91.9 Å². The van der Waals surface area contributed by atoms with Gasteiger partial charge in [-0.25, -0.2) is 19.4 Å². The summed E-state index contributed by atoms with van der Waals surface area (Å²) in [5.41, 5.74) is -0.804. The highest BCUT2D eigenvalue weighted by Gasteiger charge is 2.54. The first-order chi connectivity index (χ1) is 21.5. The third-order valence-electron chi connectivity index (χ3n) is 6.64. The van der Waals surface area contributed by atoms with Crippen LogP contribution in [0, 0.1) is 0 Å². The molecule has 0 aliphatic carbocycles. The van der Waals surface area contributed by atoms with Crippen LogP contribution in [0.2, 0.25) is 0 Å². The fraction of sp³-hybridized carbons (Fsp3) is 0.355. The highest BCUT2D eigenvalue weighted by Crippen LogP contribution is 2.40. The third-order valence-corrected chi connectivity index (χ3v) is 8.16. The molecule has 14 heteroatoms. The molecule has 236 valence electrons. The van der Waals surface area contributed by atoms with Gasteiger partial charge in [-0.05, 0) is 57.3 Å². The molecule has 12 nitrogen and oxygen atoms in total. The van der Waals surface area contributed by atoms with Gasteiger partial charge in [-0.2, -0.15) is 0 Å². The van der Waals surface area contributed by atoms with Crippen molar-refractivity contribution < 1.29 is 38.1 Å². The number of carbonyl (C=O) groups excluding carboxylic acids is 3. The summed E-state index contributed by atoms with van der Waals surface area (Å²) < 4.78 is 31.3. The Balaban J connectivity index is 1.47. The van der Waals surface area contributed by atoms with Crippen LogP contribution in [0.5, 0.6) is 0 Å². The molecule has 45 heavy (non-hydrogen) atoms. The molecular formula is C31H32N4O8S2. The molecule has 1 saturated heterocycles. The fourth-order valence-corrected chi connectivity index (χ4v) is 5.89. The van der Waals surface area contributed by atoms with E-state index in [1.54, 1.807) is 93.8 Å². The van der Waals surface area contributed by atoms with E-state index in [0.717, 1.165) is 0 Å². The SMILES string of the molecule is CN(C(=O)OC(C)(C)C)C1=N[C@@H]2[C@@H](OC(=S)n3ccnc3)[C@H](OC(=O)c3ccccc3)[C@@H](COC(=O)c3ccccc3)O[C@@H]2S1. The lowest BCUT2D eigenvalue weighted by molar-refractivity contribution is -0.163. The first kappa shape index (κ1) is 32.1. The van der Waals surface area contributed by atoms with Crippen LogP contribution in [0.3, 0.4) is 0 Å². The van der Waals surface area contributed by atoms with E-state index >= 15 is 0 Å². The normalized spacial score (nSPS) is 22.4. The van der Waals surface area contributed by atoms with E-state index in [9.17, 15) is 14.4 Å². The number of nitrogens with zero attached hydrogens (tertiary/aromatic N) is 4. The molecule has 1 fully saturated rings. The summed E-state index contributed by atoms with van der Waals surface area (Å²) in [4.78, 5) is 49.2. The summed E-state index contributed by atoms with van der Waals surface area (Å²) in [5, 5.41) is 0.324. The van der Waals surface area contributed by atoms with Crippen LogP contribution in [-0.2, 0) is 23.7 Å². The molecule has 2 aliphatic rings. The van der Waals surface area contributed by atoms with E-state index in [2.05, 4.69) is 4.98 Å². The highest BCUT2D eigenvalue weighted by molar-refractivity contribution is 8.14. The number of fused-ring (bicyclic) bond motifs is 1. The van der Waals surface area contributed by atoms with Gasteiger partial charge in [-0.1, -0.05) is 48.2 Å². The second-order valence-corrected chi connectivity index (χ2v) is 12.5. The van der Waals surface area contributed by atoms with Gasteiger partial charge in [0.1, 0.15) is 36.1 Å². The predicted octanol–water partition coefficient (Wildman–Crippen LogP) is 4.55. The molecule has 0 spiro atoms. The van der Waals surface area contributed by atoms with Gasteiger partial charge < -0.3 is 23.7 Å². The number of benzene rings is 2. The van der Waals surface area contributed by atoms with E-state index in [1.807, 2.05) is 0 Å². The maximum Gasteiger partial charge on any atom is 0.416 e. The van der Waals surface area contributed by atoms with Gasteiger partial charge in [0, 0.05) is 19.4 Å². The van der Waals surface area contributed by atoms with Gasteiger partial charge in [0.15, 0.2) is 17.4 Å². The number of hydrogen-bond acceptors (Lipinski definition) is 12. The van der Waals surface area contributed by atoms with Crippen molar-refractivity contribution in [3.63, 3.8) is 0 Å². The molecular weight excluding hydrogens is 620 g/mol. The van der Waals surface area contributed by atoms with E-state index in [4.69, 9.17) is 40.9 Å². The Hall–Kier alpha value is -4.27. The van der Waals surface area contributed by atoms with E-state index in [1.165, 1.54) is 34.6 Å². The molecule has 0 radical (unpaired) electrons. The van der Waals surface area contributed by atoms with Gasteiger partial charge in [0.05, 0.1) is 11.1 Å². The molecule has 3 heterocycles. The average molecular weight is 653 g/mol. The maximum absolute atomic E-state index is 13.4. The number of amides is 1. The molecule has 2 aliphatic heterocycles. The molecule has 0 saturated carbocycles. The van der Waals surface area contributed by atoms with Crippen molar-refractivity contribution in [2.45, 2.75) is 56.2 Å². The number of esters is 2. The quantitative estimate of drug-likeness (QED) is 0.211. The zero-order valence-corrected chi connectivity index (χ0v) is 26.6. The third kappa shape index (κ3) is 7.88. The lowest BCUT2D eigenvalue weighted by atomic mass is 9.97. The van der Waals surface area contributed by atoms with Gasteiger partial charge in [-0.15, -0.1) is 0 Å². The highest BCUT2D eigenvalue weighted by atomic mass is 32.2. The number of thioether (sulfide) groups is 1. The van der Waals surface area contributed by atoms with Crippen molar-refractivity contribution in [3.05, 3.63) is 90.5 Å². The first-order valence-corrected chi connectivity index (χ1v) is 15.3. The van der Waals surface area contributed by atoms with Crippen molar-refractivity contribution in [3.8, 4) is 0 Å². The summed E-state index contributed by atoms with van der Waals surface area (Å²) in [6.07, 6.45) is 0.868.